The molecule has 0 spiro atoms. The van der Waals surface area contributed by atoms with E-state index in [0.717, 1.165) is 26.2 Å². The molecule has 0 aromatic carbocycles. The van der Waals surface area contributed by atoms with Crippen LogP contribution >= 0.6 is 8.25 Å². The number of rotatable bonds is 0. The molecule has 0 radical (unpaired) electrons. The lowest BCUT2D eigenvalue weighted by Crippen LogP contribution is -2.39. The van der Waals surface area contributed by atoms with E-state index in [9.17, 15) is 0 Å². The normalized spacial score (nSPS) is 15.8. The van der Waals surface area contributed by atoms with Crippen molar-refractivity contribution in [2.75, 3.05) is 26.2 Å². The SMILES string of the molecule is C1CNCCN1.O=S(=O)(O)O.O=[PH](O)O. The Kier molecular flexibility index (Phi) is 12.1. The summed E-state index contributed by atoms with van der Waals surface area (Å²) >= 11 is 0. The van der Waals surface area contributed by atoms with E-state index in [4.69, 9.17) is 31.9 Å². The fraction of sp³-hybridized carbons (Fsp3) is 1.00. The van der Waals surface area contributed by atoms with Gasteiger partial charge >= 0.3 is 18.7 Å². The summed E-state index contributed by atoms with van der Waals surface area (Å²) in [7, 11) is -7.80. The Balaban J connectivity index is 0. The molecule has 11 heteroatoms. The molecule has 1 heterocycles. The molecule has 1 saturated heterocycles. The molecule has 1 fully saturated rings. The highest BCUT2D eigenvalue weighted by atomic mass is 32.3. The fourth-order valence-corrected chi connectivity index (χ4v) is 0.604. The van der Waals surface area contributed by atoms with Crippen LogP contribution in [0.15, 0.2) is 0 Å². The zero-order chi connectivity index (χ0) is 12.3. The summed E-state index contributed by atoms with van der Waals surface area (Å²) in [5, 5.41) is 6.44. The van der Waals surface area contributed by atoms with Crippen molar-refractivity contribution < 1.29 is 31.9 Å². The minimum atomic E-state index is -4.67. The topological polar surface area (TPSA) is 156 Å². The quantitative estimate of drug-likeness (QED) is 0.213. The average molecular weight is 266 g/mol. The van der Waals surface area contributed by atoms with Crippen LogP contribution in [0.4, 0.5) is 0 Å². The Morgan fingerprint density at radius 3 is 1.13 bits per heavy atom. The first-order valence-electron chi connectivity index (χ1n) is 3.76. The summed E-state index contributed by atoms with van der Waals surface area (Å²) in [6.07, 6.45) is 0. The second-order valence-electron chi connectivity index (χ2n) is 2.23. The summed E-state index contributed by atoms with van der Waals surface area (Å²) in [4.78, 5) is 14.3. The van der Waals surface area contributed by atoms with Gasteiger partial charge in [0.15, 0.2) is 0 Å². The van der Waals surface area contributed by atoms with Crippen LogP contribution in [0.5, 0.6) is 0 Å². The minimum absolute atomic E-state index is 1.14. The van der Waals surface area contributed by atoms with E-state index in [2.05, 4.69) is 10.6 Å². The summed E-state index contributed by atoms with van der Waals surface area (Å²) < 4.78 is 40.3. The van der Waals surface area contributed by atoms with E-state index in [1.807, 2.05) is 0 Å². The summed E-state index contributed by atoms with van der Waals surface area (Å²) in [6, 6.07) is 0. The highest BCUT2D eigenvalue weighted by molar-refractivity contribution is 7.79. The molecule has 0 aliphatic carbocycles. The Hall–Kier alpha value is -0.0600. The standard InChI is InChI=1S/C4H10N2.H2O4S.H3O3P/c1-2-6-4-3-5-1;1-5(2,3)4;1-4(2)3/h5-6H,1-4H2;(H2,1,2,3,4);4H,(H2,1,2,3). The lowest BCUT2D eigenvalue weighted by atomic mass is 10.4. The molecule has 1 aliphatic heterocycles. The molecule has 94 valence electrons. The van der Waals surface area contributed by atoms with Crippen LogP contribution < -0.4 is 10.6 Å². The van der Waals surface area contributed by atoms with Gasteiger partial charge in [0.05, 0.1) is 0 Å². The van der Waals surface area contributed by atoms with E-state index in [1.165, 1.54) is 0 Å². The molecule has 9 nitrogen and oxygen atoms in total. The van der Waals surface area contributed by atoms with Crippen LogP contribution in [0.1, 0.15) is 0 Å². The van der Waals surface area contributed by atoms with E-state index in [1.54, 1.807) is 0 Å². The molecule has 0 unspecified atom stereocenters. The predicted molar refractivity (Wildman–Crippen MR) is 53.4 cm³/mol. The molecular formula is C4H15N2O7PS. The fourth-order valence-electron chi connectivity index (χ4n) is 0.604. The van der Waals surface area contributed by atoms with Gasteiger partial charge in [0, 0.05) is 26.2 Å². The van der Waals surface area contributed by atoms with Gasteiger partial charge in [0.1, 0.15) is 0 Å². The van der Waals surface area contributed by atoms with Crippen LogP contribution in [-0.4, -0.2) is 53.5 Å². The molecule has 0 bridgehead atoms. The number of hydrogen-bond donors (Lipinski definition) is 6. The van der Waals surface area contributed by atoms with Gasteiger partial charge in [0.2, 0.25) is 0 Å². The first kappa shape index (κ1) is 17.3. The number of hydrogen-bond acceptors (Lipinski definition) is 5. The van der Waals surface area contributed by atoms with Gasteiger partial charge in [-0.25, -0.2) is 0 Å². The zero-order valence-corrected chi connectivity index (χ0v) is 9.57. The van der Waals surface area contributed by atoms with Gasteiger partial charge in [-0.1, -0.05) is 0 Å². The molecule has 0 aromatic rings. The van der Waals surface area contributed by atoms with Crippen LogP contribution in [0.25, 0.3) is 0 Å². The van der Waals surface area contributed by atoms with Gasteiger partial charge < -0.3 is 20.4 Å². The van der Waals surface area contributed by atoms with Gasteiger partial charge in [0.25, 0.3) is 0 Å². The van der Waals surface area contributed by atoms with E-state index < -0.39 is 18.7 Å². The summed E-state index contributed by atoms with van der Waals surface area (Å²) in [5.74, 6) is 0. The minimum Gasteiger partial charge on any atom is -0.326 e. The molecule has 0 saturated carbocycles. The Labute approximate surface area is 88.0 Å². The predicted octanol–water partition coefficient (Wildman–Crippen LogP) is -2.11. The third-order valence-electron chi connectivity index (χ3n) is 0.957. The van der Waals surface area contributed by atoms with Crippen LogP contribution in [0, 0.1) is 0 Å². The summed E-state index contributed by atoms with van der Waals surface area (Å²) in [6.45, 7) is 4.56. The molecular weight excluding hydrogens is 251 g/mol. The van der Waals surface area contributed by atoms with E-state index in [0.29, 0.717) is 0 Å². The molecule has 15 heavy (non-hydrogen) atoms. The van der Waals surface area contributed by atoms with Crippen LogP contribution in [0.2, 0.25) is 0 Å². The number of piperazine rings is 1. The number of nitrogens with one attached hydrogen (secondary N) is 2. The Morgan fingerprint density at radius 2 is 1.07 bits per heavy atom. The van der Waals surface area contributed by atoms with Crippen molar-refractivity contribution >= 4 is 18.7 Å². The molecule has 1 rings (SSSR count). The molecule has 0 amide bonds. The Bertz CT molecular complexity index is 228. The molecule has 0 aromatic heterocycles. The maximum absolute atomic E-state index is 8.74. The maximum Gasteiger partial charge on any atom is 0.394 e. The van der Waals surface area contributed by atoms with E-state index in [-0.39, 0.29) is 0 Å². The van der Waals surface area contributed by atoms with Gasteiger partial charge in [-0.3, -0.25) is 13.7 Å². The molecule has 0 atom stereocenters. The van der Waals surface area contributed by atoms with Gasteiger partial charge in [-0.2, -0.15) is 8.42 Å². The smallest absolute Gasteiger partial charge is 0.326 e. The zero-order valence-electron chi connectivity index (χ0n) is 7.75. The van der Waals surface area contributed by atoms with Crippen molar-refractivity contribution in [2.45, 2.75) is 0 Å². The average Bonchev–Trinajstić information content (AvgIpc) is 2.03. The first-order chi connectivity index (χ1) is 6.73. The monoisotopic (exact) mass is 266 g/mol. The second kappa shape index (κ2) is 10.5. The van der Waals surface area contributed by atoms with Crippen molar-refractivity contribution in [1.29, 1.82) is 0 Å². The third-order valence-corrected chi connectivity index (χ3v) is 0.957. The highest BCUT2D eigenvalue weighted by Gasteiger charge is 1.91. The molecule has 6 N–H and O–H groups in total. The Morgan fingerprint density at radius 1 is 0.933 bits per heavy atom. The van der Waals surface area contributed by atoms with Crippen molar-refractivity contribution in [3.63, 3.8) is 0 Å². The van der Waals surface area contributed by atoms with Gasteiger partial charge in [-0.05, 0) is 0 Å². The first-order valence-corrected chi connectivity index (χ1v) is 6.46. The van der Waals surface area contributed by atoms with Crippen molar-refractivity contribution in [3.8, 4) is 0 Å². The van der Waals surface area contributed by atoms with Gasteiger partial charge in [-0.15, -0.1) is 0 Å². The lowest BCUT2D eigenvalue weighted by Gasteiger charge is -2.11. The van der Waals surface area contributed by atoms with Crippen LogP contribution in [0.3, 0.4) is 0 Å². The molecule has 1 aliphatic rings. The third kappa shape index (κ3) is 56.3. The van der Waals surface area contributed by atoms with Crippen molar-refractivity contribution in [2.24, 2.45) is 0 Å². The van der Waals surface area contributed by atoms with E-state index >= 15 is 0 Å². The lowest BCUT2D eigenvalue weighted by molar-refractivity contribution is 0.380. The second-order valence-corrected chi connectivity index (χ2v) is 3.69. The largest absolute Gasteiger partial charge is 0.394 e. The highest BCUT2D eigenvalue weighted by Crippen LogP contribution is 1.98. The maximum atomic E-state index is 8.74. The summed E-state index contributed by atoms with van der Waals surface area (Å²) in [5.41, 5.74) is 0. The van der Waals surface area contributed by atoms with Crippen molar-refractivity contribution in [1.82, 2.24) is 10.6 Å². The van der Waals surface area contributed by atoms with Crippen LogP contribution in [-0.2, 0) is 15.0 Å². The van der Waals surface area contributed by atoms with Crippen molar-refractivity contribution in [3.05, 3.63) is 0 Å².